The van der Waals surface area contributed by atoms with Gasteiger partial charge in [-0.2, -0.15) is 5.26 Å². The van der Waals surface area contributed by atoms with Gasteiger partial charge in [0.2, 0.25) is 0 Å². The number of nitrogens with zero attached hydrogens (tertiary/aromatic N) is 2. The zero-order valence-corrected chi connectivity index (χ0v) is 8.42. The highest BCUT2D eigenvalue weighted by Crippen LogP contribution is 2.29. The van der Waals surface area contributed by atoms with E-state index >= 15 is 0 Å². The minimum atomic E-state index is -2.70. The highest BCUT2D eigenvalue weighted by Gasteiger charge is 2.19. The Morgan fingerprint density at radius 1 is 1.62 bits per heavy atom. The lowest BCUT2D eigenvalue weighted by molar-refractivity contribution is 0.150. The third-order valence-corrected chi connectivity index (χ3v) is 2.56. The first-order valence-electron chi connectivity index (χ1n) is 3.20. The maximum atomic E-state index is 12.4. The van der Waals surface area contributed by atoms with Gasteiger partial charge < -0.3 is 5.73 Å². The predicted octanol–water partition coefficient (Wildman–Crippen LogP) is 2.08. The lowest BCUT2D eigenvalue weighted by Gasteiger charge is -2.06. The van der Waals surface area contributed by atoms with Gasteiger partial charge >= 0.3 is 0 Å². The zero-order valence-electron chi connectivity index (χ0n) is 6.26. The van der Waals surface area contributed by atoms with Gasteiger partial charge in [-0.15, -0.1) is 0 Å². The fourth-order valence-electron chi connectivity index (χ4n) is 0.819. The van der Waals surface area contributed by atoms with Crippen LogP contribution in [0.5, 0.6) is 0 Å². The summed E-state index contributed by atoms with van der Waals surface area (Å²) in [4.78, 5) is 3.61. The van der Waals surface area contributed by atoms with Crippen molar-refractivity contribution < 1.29 is 8.78 Å². The lowest BCUT2D eigenvalue weighted by atomic mass is 10.1. The molecular formula is C7H4F2IN3. The Morgan fingerprint density at radius 2 is 2.23 bits per heavy atom. The average molecular weight is 295 g/mol. The first-order chi connectivity index (χ1) is 6.07. The first-order valence-corrected chi connectivity index (χ1v) is 4.28. The van der Waals surface area contributed by atoms with E-state index in [1.165, 1.54) is 0 Å². The van der Waals surface area contributed by atoms with Gasteiger partial charge in [0.05, 0.1) is 14.7 Å². The van der Waals surface area contributed by atoms with Gasteiger partial charge in [-0.25, -0.2) is 13.8 Å². The smallest absolute Gasteiger partial charge is 0.266 e. The third-order valence-electron chi connectivity index (χ3n) is 1.42. The number of aromatic nitrogens is 1. The molecule has 0 amide bonds. The number of halogens is 3. The van der Waals surface area contributed by atoms with Crippen LogP contribution in [-0.2, 0) is 0 Å². The van der Waals surface area contributed by atoms with Crippen LogP contribution in [0.4, 0.5) is 14.6 Å². The number of pyridine rings is 1. The van der Waals surface area contributed by atoms with E-state index in [0.29, 0.717) is 0 Å². The Morgan fingerprint density at radius 3 is 2.69 bits per heavy atom. The van der Waals surface area contributed by atoms with Crippen LogP contribution in [0.3, 0.4) is 0 Å². The van der Waals surface area contributed by atoms with Crippen LogP contribution in [0.25, 0.3) is 0 Å². The molecule has 0 aliphatic rings. The number of rotatable bonds is 1. The van der Waals surface area contributed by atoms with Crippen LogP contribution in [0, 0.1) is 14.9 Å². The van der Waals surface area contributed by atoms with Crippen LogP contribution in [0.2, 0.25) is 0 Å². The molecule has 6 heteroatoms. The van der Waals surface area contributed by atoms with E-state index in [9.17, 15) is 8.78 Å². The second-order valence-electron chi connectivity index (χ2n) is 2.20. The molecule has 0 bridgehead atoms. The van der Waals surface area contributed by atoms with Crippen LogP contribution in [0.15, 0.2) is 6.20 Å². The van der Waals surface area contributed by atoms with Gasteiger partial charge in [0.25, 0.3) is 6.43 Å². The van der Waals surface area contributed by atoms with Crippen molar-refractivity contribution in [2.75, 3.05) is 5.73 Å². The number of nitriles is 1. The van der Waals surface area contributed by atoms with E-state index in [0.717, 1.165) is 6.20 Å². The largest absolute Gasteiger partial charge is 0.383 e. The van der Waals surface area contributed by atoms with Crippen LogP contribution in [-0.4, -0.2) is 4.98 Å². The summed E-state index contributed by atoms with van der Waals surface area (Å²) in [6.07, 6.45) is -1.65. The lowest BCUT2D eigenvalue weighted by Crippen LogP contribution is -2.02. The molecule has 1 aromatic rings. The van der Waals surface area contributed by atoms with Gasteiger partial charge in [-0.3, -0.25) is 0 Å². The van der Waals surface area contributed by atoms with E-state index < -0.39 is 6.43 Å². The van der Waals surface area contributed by atoms with Gasteiger partial charge in [0, 0.05) is 6.20 Å². The second kappa shape index (κ2) is 3.83. The highest BCUT2D eigenvalue weighted by molar-refractivity contribution is 14.1. The number of anilines is 1. The molecule has 0 aliphatic carbocycles. The molecule has 1 aromatic heterocycles. The Balaban J connectivity index is 3.43. The summed E-state index contributed by atoms with van der Waals surface area (Å²) in [7, 11) is 0. The number of nitrogens with two attached hydrogens (primary N) is 1. The fourth-order valence-corrected chi connectivity index (χ4v) is 1.48. The molecule has 3 nitrogen and oxygen atoms in total. The molecule has 0 fully saturated rings. The molecule has 0 aliphatic heterocycles. The molecule has 0 unspecified atom stereocenters. The monoisotopic (exact) mass is 295 g/mol. The Kier molecular flexibility index (Phi) is 2.98. The van der Waals surface area contributed by atoms with Crippen LogP contribution in [0.1, 0.15) is 17.6 Å². The van der Waals surface area contributed by atoms with E-state index in [4.69, 9.17) is 11.0 Å². The third kappa shape index (κ3) is 1.85. The Bertz CT molecular complexity index is 373. The van der Waals surface area contributed by atoms with Gasteiger partial charge in [-0.05, 0) is 22.6 Å². The molecule has 0 saturated heterocycles. The summed E-state index contributed by atoms with van der Waals surface area (Å²) < 4.78 is 25.0. The Hall–Kier alpha value is -0.970. The molecule has 1 rings (SSSR count). The summed E-state index contributed by atoms with van der Waals surface area (Å²) >= 11 is 1.65. The zero-order chi connectivity index (χ0) is 10.0. The summed E-state index contributed by atoms with van der Waals surface area (Å²) in [5.74, 6) is 0.0231. The maximum Gasteiger partial charge on any atom is 0.266 e. The summed E-state index contributed by atoms with van der Waals surface area (Å²) in [5, 5.41) is 8.52. The van der Waals surface area contributed by atoms with E-state index in [1.807, 2.05) is 0 Å². The number of alkyl halides is 2. The highest BCUT2D eigenvalue weighted by atomic mass is 127. The van der Waals surface area contributed by atoms with Crippen molar-refractivity contribution in [3.63, 3.8) is 0 Å². The molecule has 0 radical (unpaired) electrons. The summed E-state index contributed by atoms with van der Waals surface area (Å²) in [6.45, 7) is 0. The van der Waals surface area contributed by atoms with Crippen molar-refractivity contribution >= 4 is 28.4 Å². The van der Waals surface area contributed by atoms with Crippen molar-refractivity contribution in [2.45, 2.75) is 6.43 Å². The Labute approximate surface area is 86.7 Å². The molecule has 2 N–H and O–H groups in total. The second-order valence-corrected chi connectivity index (χ2v) is 3.28. The minimum absolute atomic E-state index is 0.0231. The molecule has 0 aromatic carbocycles. The van der Waals surface area contributed by atoms with Crippen molar-refractivity contribution in [1.29, 1.82) is 5.26 Å². The van der Waals surface area contributed by atoms with Crippen molar-refractivity contribution in [1.82, 2.24) is 4.98 Å². The minimum Gasteiger partial charge on any atom is -0.383 e. The molecule has 1 heterocycles. The fraction of sp³-hybridized carbons (Fsp3) is 0.143. The average Bonchev–Trinajstić information content (AvgIpc) is 2.08. The van der Waals surface area contributed by atoms with Gasteiger partial charge in [0.15, 0.2) is 0 Å². The molecule has 0 saturated carbocycles. The normalized spacial score (nSPS) is 10.1. The number of hydrogen-bond donors (Lipinski definition) is 1. The van der Waals surface area contributed by atoms with E-state index in [-0.39, 0.29) is 20.5 Å². The van der Waals surface area contributed by atoms with Gasteiger partial charge in [0.1, 0.15) is 11.9 Å². The topological polar surface area (TPSA) is 62.7 Å². The summed E-state index contributed by atoms with van der Waals surface area (Å²) in [6, 6.07) is 1.64. The van der Waals surface area contributed by atoms with E-state index in [1.54, 1.807) is 28.7 Å². The predicted molar refractivity (Wildman–Crippen MR) is 51.0 cm³/mol. The maximum absolute atomic E-state index is 12.4. The van der Waals surface area contributed by atoms with Crippen molar-refractivity contribution in [3.8, 4) is 6.07 Å². The van der Waals surface area contributed by atoms with Crippen molar-refractivity contribution in [2.24, 2.45) is 0 Å². The molecule has 13 heavy (non-hydrogen) atoms. The summed E-state index contributed by atoms with van der Waals surface area (Å²) in [5.41, 5.74) is 4.85. The van der Waals surface area contributed by atoms with E-state index in [2.05, 4.69) is 4.98 Å². The molecule has 68 valence electrons. The molecule has 0 atom stereocenters. The number of nitrogen functional groups attached to an aromatic ring is 1. The van der Waals surface area contributed by atoms with Gasteiger partial charge in [-0.1, -0.05) is 0 Å². The van der Waals surface area contributed by atoms with Crippen LogP contribution < -0.4 is 5.73 Å². The van der Waals surface area contributed by atoms with Crippen LogP contribution >= 0.6 is 22.6 Å². The molecule has 0 spiro atoms. The first kappa shape index (κ1) is 10.1. The standard InChI is InChI=1S/C7H4F2IN3/c8-6(9)4-3(1-11)2-13-7(12)5(4)10/h2,6H,(H2,12,13). The SMILES string of the molecule is N#Cc1cnc(N)c(I)c1C(F)F. The quantitative estimate of drug-likeness (QED) is 0.807. The van der Waals surface area contributed by atoms with Crippen molar-refractivity contribution in [3.05, 3.63) is 20.9 Å². The molecular weight excluding hydrogens is 291 g/mol. The number of hydrogen-bond acceptors (Lipinski definition) is 3.